The third kappa shape index (κ3) is 1.88. The van der Waals surface area contributed by atoms with Crippen LogP contribution in [0.15, 0.2) is 30.3 Å². The van der Waals surface area contributed by atoms with E-state index in [4.69, 9.17) is 9.47 Å². The maximum atomic E-state index is 6.38. The molecule has 1 aromatic rings. The lowest BCUT2D eigenvalue weighted by Crippen LogP contribution is -2.41. The van der Waals surface area contributed by atoms with Gasteiger partial charge >= 0.3 is 0 Å². The van der Waals surface area contributed by atoms with Gasteiger partial charge in [-0.1, -0.05) is 44.2 Å². The van der Waals surface area contributed by atoms with Crippen LogP contribution in [0.1, 0.15) is 47.1 Å². The molecule has 18 heavy (non-hydrogen) atoms. The van der Waals surface area contributed by atoms with Crippen LogP contribution in [0.25, 0.3) is 0 Å². The number of benzene rings is 1. The van der Waals surface area contributed by atoms with Gasteiger partial charge in [-0.2, -0.15) is 0 Å². The highest BCUT2D eigenvalue weighted by Gasteiger charge is 2.58. The Hall–Kier alpha value is -0.860. The van der Waals surface area contributed by atoms with Gasteiger partial charge in [0.2, 0.25) is 0 Å². The largest absolute Gasteiger partial charge is 0.337 e. The van der Waals surface area contributed by atoms with E-state index in [2.05, 4.69) is 53.7 Å². The molecule has 1 aliphatic rings. The molecule has 1 saturated heterocycles. The van der Waals surface area contributed by atoms with Crippen LogP contribution in [0.3, 0.4) is 0 Å². The Morgan fingerprint density at radius 1 is 0.833 bits per heavy atom. The molecule has 0 atom stereocenters. The molecule has 1 heterocycles. The normalized spacial score (nSPS) is 24.4. The standard InChI is InChI=1S/C16H24O2/c1-12(2)16(13-10-8-7-9-11-13)17-14(3,4)15(5,6)18-16/h7-12H,1-6H3. The third-order valence-corrected chi connectivity index (χ3v) is 4.20. The molecular weight excluding hydrogens is 224 g/mol. The molecule has 1 aromatic carbocycles. The second-order valence-electron chi connectivity index (χ2n) is 6.41. The Morgan fingerprint density at radius 3 is 1.67 bits per heavy atom. The maximum absolute atomic E-state index is 6.38. The molecule has 0 aromatic heterocycles. The summed E-state index contributed by atoms with van der Waals surface area (Å²) in [5, 5.41) is 0. The molecule has 2 rings (SSSR count). The van der Waals surface area contributed by atoms with Crippen molar-refractivity contribution < 1.29 is 9.47 Å². The lowest BCUT2D eigenvalue weighted by molar-refractivity contribution is -0.229. The zero-order valence-electron chi connectivity index (χ0n) is 12.3. The second kappa shape index (κ2) is 4.07. The van der Waals surface area contributed by atoms with Crippen molar-refractivity contribution in [3.63, 3.8) is 0 Å². The SMILES string of the molecule is CC(C)C1(c2ccccc2)OC(C)(C)C(C)(C)O1. The van der Waals surface area contributed by atoms with Crippen molar-refractivity contribution in [3.8, 4) is 0 Å². The van der Waals surface area contributed by atoms with Gasteiger partial charge in [-0.05, 0) is 27.7 Å². The van der Waals surface area contributed by atoms with Crippen LogP contribution in [-0.2, 0) is 15.3 Å². The van der Waals surface area contributed by atoms with Gasteiger partial charge in [0.15, 0.2) is 5.79 Å². The van der Waals surface area contributed by atoms with Gasteiger partial charge in [0.05, 0.1) is 11.2 Å². The van der Waals surface area contributed by atoms with Crippen LogP contribution in [0.2, 0.25) is 0 Å². The maximum Gasteiger partial charge on any atom is 0.198 e. The summed E-state index contributed by atoms with van der Waals surface area (Å²) in [6.45, 7) is 12.7. The van der Waals surface area contributed by atoms with Crippen LogP contribution < -0.4 is 0 Å². The first kappa shape index (κ1) is 13.6. The topological polar surface area (TPSA) is 18.5 Å². The van der Waals surface area contributed by atoms with E-state index in [0.717, 1.165) is 5.56 Å². The van der Waals surface area contributed by atoms with E-state index < -0.39 is 5.79 Å². The van der Waals surface area contributed by atoms with E-state index in [1.54, 1.807) is 0 Å². The van der Waals surface area contributed by atoms with Crippen molar-refractivity contribution in [2.75, 3.05) is 0 Å². The van der Waals surface area contributed by atoms with E-state index in [9.17, 15) is 0 Å². The summed E-state index contributed by atoms with van der Waals surface area (Å²) in [7, 11) is 0. The van der Waals surface area contributed by atoms with Gasteiger partial charge in [0.25, 0.3) is 0 Å². The minimum atomic E-state index is -0.645. The fourth-order valence-corrected chi connectivity index (χ4v) is 2.38. The fourth-order valence-electron chi connectivity index (χ4n) is 2.38. The van der Waals surface area contributed by atoms with E-state index in [-0.39, 0.29) is 17.1 Å². The molecular formula is C16H24O2. The molecule has 1 aliphatic heterocycles. The van der Waals surface area contributed by atoms with Crippen molar-refractivity contribution in [1.82, 2.24) is 0 Å². The van der Waals surface area contributed by atoms with Crippen LogP contribution in [0, 0.1) is 5.92 Å². The second-order valence-corrected chi connectivity index (χ2v) is 6.41. The highest BCUT2D eigenvalue weighted by Crippen LogP contribution is 2.52. The number of rotatable bonds is 2. The Morgan fingerprint density at radius 2 is 1.28 bits per heavy atom. The fraction of sp³-hybridized carbons (Fsp3) is 0.625. The Labute approximate surface area is 110 Å². The Balaban J connectivity index is 2.50. The summed E-state index contributed by atoms with van der Waals surface area (Å²) in [6, 6.07) is 10.2. The molecule has 0 N–H and O–H groups in total. The molecule has 1 fully saturated rings. The van der Waals surface area contributed by atoms with Crippen LogP contribution >= 0.6 is 0 Å². The first-order chi connectivity index (χ1) is 8.21. The predicted molar refractivity (Wildman–Crippen MR) is 73.3 cm³/mol. The molecule has 0 radical (unpaired) electrons. The number of hydrogen-bond donors (Lipinski definition) is 0. The monoisotopic (exact) mass is 248 g/mol. The van der Waals surface area contributed by atoms with Gasteiger partial charge in [-0.3, -0.25) is 0 Å². The van der Waals surface area contributed by atoms with E-state index in [1.807, 2.05) is 18.2 Å². The lowest BCUT2D eigenvalue weighted by Gasteiger charge is -2.33. The van der Waals surface area contributed by atoms with Crippen molar-refractivity contribution in [3.05, 3.63) is 35.9 Å². The summed E-state index contributed by atoms with van der Waals surface area (Å²) < 4.78 is 12.8. The van der Waals surface area contributed by atoms with Crippen LogP contribution in [0.5, 0.6) is 0 Å². The van der Waals surface area contributed by atoms with Crippen molar-refractivity contribution in [2.45, 2.75) is 58.5 Å². The van der Waals surface area contributed by atoms with Crippen molar-refractivity contribution in [1.29, 1.82) is 0 Å². The first-order valence-electron chi connectivity index (χ1n) is 6.67. The third-order valence-electron chi connectivity index (χ3n) is 4.20. The first-order valence-corrected chi connectivity index (χ1v) is 6.67. The zero-order chi connectivity index (χ0) is 13.6. The van der Waals surface area contributed by atoms with Gasteiger partial charge in [0, 0.05) is 11.5 Å². The highest BCUT2D eigenvalue weighted by atomic mass is 16.8. The smallest absolute Gasteiger partial charge is 0.198 e. The predicted octanol–water partition coefficient (Wildman–Crippen LogP) is 4.10. The van der Waals surface area contributed by atoms with E-state index in [1.165, 1.54) is 0 Å². The molecule has 100 valence electrons. The molecule has 0 aliphatic carbocycles. The molecule has 2 nitrogen and oxygen atoms in total. The van der Waals surface area contributed by atoms with Crippen LogP contribution in [0.4, 0.5) is 0 Å². The average Bonchev–Trinajstić information content (AvgIpc) is 2.47. The summed E-state index contributed by atoms with van der Waals surface area (Å²) in [6.07, 6.45) is 0. The van der Waals surface area contributed by atoms with E-state index >= 15 is 0 Å². The lowest BCUT2D eigenvalue weighted by atomic mass is 9.90. The van der Waals surface area contributed by atoms with E-state index in [0.29, 0.717) is 0 Å². The molecule has 0 spiro atoms. The Bertz CT molecular complexity index is 402. The minimum Gasteiger partial charge on any atom is -0.337 e. The van der Waals surface area contributed by atoms with Crippen molar-refractivity contribution >= 4 is 0 Å². The minimum absolute atomic E-state index is 0.251. The van der Waals surface area contributed by atoms with Gasteiger partial charge in [-0.15, -0.1) is 0 Å². The van der Waals surface area contributed by atoms with Gasteiger partial charge < -0.3 is 9.47 Å². The molecule has 0 bridgehead atoms. The molecule has 2 heteroatoms. The van der Waals surface area contributed by atoms with Gasteiger partial charge in [0.1, 0.15) is 0 Å². The zero-order valence-corrected chi connectivity index (χ0v) is 12.3. The van der Waals surface area contributed by atoms with Gasteiger partial charge in [-0.25, -0.2) is 0 Å². The molecule has 0 saturated carbocycles. The Kier molecular flexibility index (Phi) is 3.07. The molecule has 0 amide bonds. The number of hydrogen-bond acceptors (Lipinski definition) is 2. The van der Waals surface area contributed by atoms with Crippen molar-refractivity contribution in [2.24, 2.45) is 5.92 Å². The average molecular weight is 248 g/mol. The summed E-state index contributed by atoms with van der Waals surface area (Å²) in [5.74, 6) is -0.394. The quantitative estimate of drug-likeness (QED) is 0.784. The summed E-state index contributed by atoms with van der Waals surface area (Å²) in [5.41, 5.74) is 0.471. The highest BCUT2D eigenvalue weighted by molar-refractivity contribution is 5.23. The summed E-state index contributed by atoms with van der Waals surface area (Å²) in [4.78, 5) is 0. The summed E-state index contributed by atoms with van der Waals surface area (Å²) >= 11 is 0. The number of ether oxygens (including phenoxy) is 2. The molecule has 0 unspecified atom stereocenters. The van der Waals surface area contributed by atoms with Crippen LogP contribution in [-0.4, -0.2) is 11.2 Å².